The fourth-order valence-corrected chi connectivity index (χ4v) is 1.64. The average molecular weight is 344 g/mol. The largest absolute Gasteiger partial charge is 0.392 e. The van der Waals surface area contributed by atoms with E-state index in [1.54, 1.807) is 13.8 Å². The summed E-state index contributed by atoms with van der Waals surface area (Å²) in [4.78, 5) is 46.3. The van der Waals surface area contributed by atoms with E-state index in [9.17, 15) is 19.2 Å². The van der Waals surface area contributed by atoms with Crippen molar-refractivity contribution in [2.24, 2.45) is 23.3 Å². The van der Waals surface area contributed by atoms with Crippen LogP contribution in [0.2, 0.25) is 0 Å². The van der Waals surface area contributed by atoms with Crippen molar-refractivity contribution in [3.8, 4) is 0 Å². The molecule has 138 valence electrons. The van der Waals surface area contributed by atoms with Crippen LogP contribution in [0, 0.1) is 11.8 Å². The molecule has 0 fully saturated rings. The second-order valence-corrected chi connectivity index (χ2v) is 5.91. The molecule has 0 saturated heterocycles. The Balaban J connectivity index is 4.25. The molecule has 0 aliphatic heterocycles. The molecule has 8 heteroatoms. The van der Waals surface area contributed by atoms with Crippen molar-refractivity contribution >= 4 is 23.9 Å². The third kappa shape index (κ3) is 7.65. The highest BCUT2D eigenvalue weighted by Crippen LogP contribution is 2.09. The van der Waals surface area contributed by atoms with Crippen molar-refractivity contribution in [1.82, 2.24) is 0 Å². The van der Waals surface area contributed by atoms with Crippen molar-refractivity contribution in [1.29, 1.82) is 0 Å². The third-order valence-electron chi connectivity index (χ3n) is 4.02. The summed E-state index contributed by atoms with van der Waals surface area (Å²) in [6.45, 7) is 7.24. The van der Waals surface area contributed by atoms with Crippen LogP contribution in [0.4, 0.5) is 0 Å². The summed E-state index contributed by atoms with van der Waals surface area (Å²) in [6.07, 6.45) is 0.554. The number of carbonyl (C=O) groups is 4. The van der Waals surface area contributed by atoms with Crippen LogP contribution in [-0.4, -0.2) is 36.0 Å². The molecule has 4 atom stereocenters. The standard InChI is InChI=1S/C16H28N2O6/c1-5-9(3)13(17)15(21)23-11(19)7-8-12(20)24-16(22)14(18)10(4)6-2/h9-10,13-14H,5-8,17-18H2,1-4H3/t9-,10-,13-,14-/m0/s1. The maximum absolute atomic E-state index is 11.6. The van der Waals surface area contributed by atoms with Gasteiger partial charge in [-0.3, -0.25) is 9.59 Å². The molecule has 24 heavy (non-hydrogen) atoms. The van der Waals surface area contributed by atoms with Crippen LogP contribution >= 0.6 is 0 Å². The summed E-state index contributed by atoms with van der Waals surface area (Å²) in [5.41, 5.74) is 11.3. The molecule has 0 aliphatic rings. The molecule has 0 rings (SSSR count). The van der Waals surface area contributed by atoms with E-state index in [2.05, 4.69) is 9.47 Å². The number of carbonyl (C=O) groups excluding carboxylic acids is 4. The Morgan fingerprint density at radius 2 is 1.04 bits per heavy atom. The first kappa shape index (κ1) is 22.2. The van der Waals surface area contributed by atoms with Gasteiger partial charge in [0.1, 0.15) is 12.1 Å². The zero-order valence-electron chi connectivity index (χ0n) is 14.7. The van der Waals surface area contributed by atoms with E-state index in [1.807, 2.05) is 13.8 Å². The predicted octanol–water partition coefficient (Wildman–Crippen LogP) is 0.653. The lowest BCUT2D eigenvalue weighted by Gasteiger charge is -2.16. The Labute approximate surface area is 142 Å². The average Bonchev–Trinajstić information content (AvgIpc) is 2.56. The van der Waals surface area contributed by atoms with E-state index in [0.717, 1.165) is 0 Å². The Morgan fingerprint density at radius 1 is 0.750 bits per heavy atom. The first-order valence-electron chi connectivity index (χ1n) is 8.14. The van der Waals surface area contributed by atoms with Gasteiger partial charge in [-0.1, -0.05) is 40.5 Å². The van der Waals surface area contributed by atoms with Gasteiger partial charge < -0.3 is 20.9 Å². The van der Waals surface area contributed by atoms with Crippen molar-refractivity contribution in [3.63, 3.8) is 0 Å². The van der Waals surface area contributed by atoms with Gasteiger partial charge in [0.2, 0.25) is 0 Å². The predicted molar refractivity (Wildman–Crippen MR) is 86.3 cm³/mol. The van der Waals surface area contributed by atoms with Gasteiger partial charge in [-0.05, 0) is 11.8 Å². The van der Waals surface area contributed by atoms with Gasteiger partial charge in [-0.15, -0.1) is 0 Å². The molecular formula is C16H28N2O6. The minimum Gasteiger partial charge on any atom is -0.392 e. The van der Waals surface area contributed by atoms with Gasteiger partial charge in [0, 0.05) is 0 Å². The lowest BCUT2D eigenvalue weighted by molar-refractivity contribution is -0.166. The third-order valence-corrected chi connectivity index (χ3v) is 4.02. The molecule has 0 unspecified atom stereocenters. The van der Waals surface area contributed by atoms with Crippen LogP contribution < -0.4 is 11.5 Å². The van der Waals surface area contributed by atoms with Crippen molar-refractivity contribution in [3.05, 3.63) is 0 Å². The molecule has 0 aliphatic carbocycles. The molecule has 0 aromatic rings. The number of ether oxygens (including phenoxy) is 2. The number of nitrogens with two attached hydrogens (primary N) is 2. The normalized spacial score (nSPS) is 15.8. The molecule has 0 saturated carbocycles. The lowest BCUT2D eigenvalue weighted by atomic mass is 10.0. The summed E-state index contributed by atoms with van der Waals surface area (Å²) < 4.78 is 9.15. The highest BCUT2D eigenvalue weighted by Gasteiger charge is 2.26. The highest BCUT2D eigenvalue weighted by atomic mass is 16.6. The molecule has 4 N–H and O–H groups in total. The van der Waals surface area contributed by atoms with Gasteiger partial charge in [0.05, 0.1) is 12.8 Å². The molecule has 0 amide bonds. The highest BCUT2D eigenvalue weighted by molar-refractivity contribution is 5.92. The maximum Gasteiger partial charge on any atom is 0.330 e. The SMILES string of the molecule is CC[C@H](C)[C@H](N)C(=O)OC(=O)CCC(=O)OC(=O)[C@@H](N)[C@@H](C)CC. The van der Waals surface area contributed by atoms with Crippen LogP contribution in [-0.2, 0) is 28.7 Å². The maximum atomic E-state index is 11.6. The monoisotopic (exact) mass is 344 g/mol. The number of hydrogen-bond donors (Lipinski definition) is 2. The summed E-state index contributed by atoms with van der Waals surface area (Å²) in [7, 11) is 0. The van der Waals surface area contributed by atoms with Gasteiger partial charge in [-0.25, -0.2) is 9.59 Å². The van der Waals surface area contributed by atoms with Crippen LogP contribution in [0.1, 0.15) is 53.4 Å². The Morgan fingerprint density at radius 3 is 1.29 bits per heavy atom. The summed E-state index contributed by atoms with van der Waals surface area (Å²) >= 11 is 0. The Kier molecular flexibility index (Phi) is 10.1. The molecule has 8 nitrogen and oxygen atoms in total. The van der Waals surface area contributed by atoms with E-state index in [1.165, 1.54) is 0 Å². The molecule has 0 spiro atoms. The summed E-state index contributed by atoms with van der Waals surface area (Å²) in [6, 6.07) is -1.80. The second kappa shape index (κ2) is 10.9. The molecule has 0 aromatic carbocycles. The fourth-order valence-electron chi connectivity index (χ4n) is 1.64. The van der Waals surface area contributed by atoms with Gasteiger partial charge in [0.15, 0.2) is 0 Å². The van der Waals surface area contributed by atoms with Crippen LogP contribution in [0.15, 0.2) is 0 Å². The molecule has 0 aromatic heterocycles. The number of rotatable bonds is 9. The van der Waals surface area contributed by atoms with Gasteiger partial charge >= 0.3 is 23.9 Å². The van der Waals surface area contributed by atoms with E-state index in [0.29, 0.717) is 12.8 Å². The topological polar surface area (TPSA) is 139 Å². The first-order valence-corrected chi connectivity index (χ1v) is 8.14. The van der Waals surface area contributed by atoms with Crippen LogP contribution in [0.5, 0.6) is 0 Å². The Bertz CT molecular complexity index is 423. The van der Waals surface area contributed by atoms with E-state index < -0.39 is 36.0 Å². The van der Waals surface area contributed by atoms with Gasteiger partial charge in [0.25, 0.3) is 0 Å². The number of hydrogen-bond acceptors (Lipinski definition) is 8. The first-order chi connectivity index (χ1) is 11.1. The van der Waals surface area contributed by atoms with Gasteiger partial charge in [-0.2, -0.15) is 0 Å². The quantitative estimate of drug-likeness (QED) is 0.459. The zero-order valence-corrected chi connectivity index (χ0v) is 14.7. The lowest BCUT2D eigenvalue weighted by Crippen LogP contribution is -2.39. The van der Waals surface area contributed by atoms with E-state index in [-0.39, 0.29) is 24.7 Å². The molecular weight excluding hydrogens is 316 g/mol. The summed E-state index contributed by atoms with van der Waals surface area (Å²) in [5, 5.41) is 0. The second-order valence-electron chi connectivity index (χ2n) is 5.91. The fraction of sp³-hybridized carbons (Fsp3) is 0.750. The molecule has 0 heterocycles. The summed E-state index contributed by atoms with van der Waals surface area (Å²) in [5.74, 6) is -3.72. The molecule has 0 radical (unpaired) electrons. The minimum absolute atomic E-state index is 0.130. The smallest absolute Gasteiger partial charge is 0.330 e. The van der Waals surface area contributed by atoms with Crippen molar-refractivity contribution < 1.29 is 28.7 Å². The zero-order chi connectivity index (χ0) is 18.9. The number of esters is 4. The van der Waals surface area contributed by atoms with Crippen LogP contribution in [0.3, 0.4) is 0 Å². The van der Waals surface area contributed by atoms with E-state index >= 15 is 0 Å². The van der Waals surface area contributed by atoms with Crippen LogP contribution in [0.25, 0.3) is 0 Å². The Hall–Kier alpha value is -1.80. The van der Waals surface area contributed by atoms with Crippen molar-refractivity contribution in [2.45, 2.75) is 65.5 Å². The molecule has 0 bridgehead atoms. The van der Waals surface area contributed by atoms with E-state index in [4.69, 9.17) is 11.5 Å². The van der Waals surface area contributed by atoms with Crippen molar-refractivity contribution in [2.75, 3.05) is 0 Å². The minimum atomic E-state index is -0.902.